The molecule has 0 amide bonds. The molecule has 1 saturated carbocycles. The van der Waals surface area contributed by atoms with Crippen molar-refractivity contribution in [2.75, 3.05) is 19.6 Å². The third-order valence-electron chi connectivity index (χ3n) is 3.82. The molecule has 1 aliphatic rings. The van der Waals surface area contributed by atoms with Gasteiger partial charge in [-0.05, 0) is 43.0 Å². The normalized spacial score (nSPS) is 17.4. The summed E-state index contributed by atoms with van der Waals surface area (Å²) < 4.78 is 0. The lowest BCUT2D eigenvalue weighted by molar-refractivity contribution is 0.224. The highest BCUT2D eigenvalue weighted by Gasteiger charge is 2.24. The maximum Gasteiger partial charge on any atom is 0.0470 e. The van der Waals surface area contributed by atoms with Crippen LogP contribution in [0.4, 0.5) is 0 Å². The summed E-state index contributed by atoms with van der Waals surface area (Å²) in [5, 5.41) is 0. The highest BCUT2D eigenvalue weighted by molar-refractivity contribution is 5.31. The van der Waals surface area contributed by atoms with Gasteiger partial charge >= 0.3 is 0 Å². The van der Waals surface area contributed by atoms with Crippen molar-refractivity contribution in [1.29, 1.82) is 0 Å². The van der Waals surface area contributed by atoms with Crippen molar-refractivity contribution in [2.45, 2.75) is 38.6 Å². The number of nitrogens with two attached hydrogens (primary N) is 1. The van der Waals surface area contributed by atoms with E-state index in [1.54, 1.807) is 0 Å². The van der Waals surface area contributed by atoms with Gasteiger partial charge < -0.3 is 5.73 Å². The van der Waals surface area contributed by atoms with Crippen LogP contribution < -0.4 is 5.73 Å². The predicted molar refractivity (Wildman–Crippen MR) is 73.1 cm³/mol. The molecule has 0 aliphatic heterocycles. The SMILES string of the molecule is CCN(CC)C(CN)c1cccc(C2CC2)c1. The van der Waals surface area contributed by atoms with Crippen molar-refractivity contribution in [1.82, 2.24) is 4.90 Å². The van der Waals surface area contributed by atoms with E-state index >= 15 is 0 Å². The topological polar surface area (TPSA) is 29.3 Å². The Morgan fingerprint density at radius 2 is 2.00 bits per heavy atom. The van der Waals surface area contributed by atoms with Crippen LogP contribution in [0.2, 0.25) is 0 Å². The Bertz CT molecular complexity index is 354. The minimum atomic E-state index is 0.378. The largest absolute Gasteiger partial charge is 0.329 e. The first-order valence-electron chi connectivity index (χ1n) is 6.84. The summed E-state index contributed by atoms with van der Waals surface area (Å²) in [6.07, 6.45) is 2.73. The quantitative estimate of drug-likeness (QED) is 0.817. The maximum atomic E-state index is 5.96. The van der Waals surface area contributed by atoms with Crippen LogP contribution >= 0.6 is 0 Å². The standard InChI is InChI=1S/C15H24N2/c1-3-17(4-2)15(11-16)14-7-5-6-13(10-14)12-8-9-12/h5-7,10,12,15H,3-4,8-9,11,16H2,1-2H3. The Hall–Kier alpha value is -0.860. The fourth-order valence-electron chi connectivity index (χ4n) is 2.60. The van der Waals surface area contributed by atoms with Crippen LogP contribution in [0.5, 0.6) is 0 Å². The zero-order chi connectivity index (χ0) is 12.3. The number of likely N-dealkylation sites (N-methyl/N-ethyl adjacent to an activating group) is 1. The number of hydrogen-bond donors (Lipinski definition) is 1. The van der Waals surface area contributed by atoms with Crippen LogP contribution in [0.1, 0.15) is 49.8 Å². The summed E-state index contributed by atoms with van der Waals surface area (Å²) in [4.78, 5) is 2.44. The van der Waals surface area contributed by atoms with Gasteiger partial charge in [-0.2, -0.15) is 0 Å². The van der Waals surface area contributed by atoms with Gasteiger partial charge in [-0.1, -0.05) is 38.1 Å². The average molecular weight is 232 g/mol. The van der Waals surface area contributed by atoms with E-state index in [1.165, 1.54) is 24.0 Å². The van der Waals surface area contributed by atoms with Gasteiger partial charge in [0.1, 0.15) is 0 Å². The molecule has 2 N–H and O–H groups in total. The van der Waals surface area contributed by atoms with Gasteiger partial charge in [-0.15, -0.1) is 0 Å². The van der Waals surface area contributed by atoms with Crippen LogP contribution in [0.25, 0.3) is 0 Å². The Balaban J connectivity index is 2.20. The van der Waals surface area contributed by atoms with Crippen molar-refractivity contribution in [3.63, 3.8) is 0 Å². The van der Waals surface area contributed by atoms with Gasteiger partial charge in [0.15, 0.2) is 0 Å². The smallest absolute Gasteiger partial charge is 0.0470 e. The molecule has 17 heavy (non-hydrogen) atoms. The molecule has 0 radical (unpaired) electrons. The van der Waals surface area contributed by atoms with E-state index in [0.717, 1.165) is 19.0 Å². The Kier molecular flexibility index (Phi) is 4.19. The molecule has 2 nitrogen and oxygen atoms in total. The summed E-state index contributed by atoms with van der Waals surface area (Å²) >= 11 is 0. The summed E-state index contributed by atoms with van der Waals surface area (Å²) in [5.74, 6) is 0.824. The Morgan fingerprint density at radius 3 is 2.53 bits per heavy atom. The lowest BCUT2D eigenvalue weighted by atomic mass is 10.0. The number of nitrogens with zero attached hydrogens (tertiary/aromatic N) is 1. The minimum Gasteiger partial charge on any atom is -0.329 e. The summed E-state index contributed by atoms with van der Waals surface area (Å²) in [7, 11) is 0. The molecule has 0 spiro atoms. The molecular weight excluding hydrogens is 208 g/mol. The molecule has 0 heterocycles. The molecule has 2 rings (SSSR count). The van der Waals surface area contributed by atoms with Gasteiger partial charge in [0.05, 0.1) is 0 Å². The first-order valence-corrected chi connectivity index (χ1v) is 6.84. The predicted octanol–water partition coefficient (Wildman–Crippen LogP) is 2.91. The zero-order valence-corrected chi connectivity index (χ0v) is 11.0. The summed E-state index contributed by atoms with van der Waals surface area (Å²) in [6, 6.07) is 9.42. The molecule has 1 aromatic carbocycles. The maximum absolute atomic E-state index is 5.96. The zero-order valence-electron chi connectivity index (χ0n) is 11.0. The number of benzene rings is 1. The van der Waals surface area contributed by atoms with Gasteiger partial charge in [-0.3, -0.25) is 4.90 Å². The summed E-state index contributed by atoms with van der Waals surface area (Å²) in [6.45, 7) is 7.24. The number of hydrogen-bond acceptors (Lipinski definition) is 2. The summed E-state index contributed by atoms with van der Waals surface area (Å²) in [5.41, 5.74) is 8.85. The van der Waals surface area contributed by atoms with E-state index in [0.29, 0.717) is 12.6 Å². The highest BCUT2D eigenvalue weighted by Crippen LogP contribution is 2.40. The second kappa shape index (κ2) is 5.65. The van der Waals surface area contributed by atoms with Crippen LogP contribution in [-0.2, 0) is 0 Å². The Labute approximate surface area is 105 Å². The van der Waals surface area contributed by atoms with E-state index in [1.807, 2.05) is 0 Å². The van der Waals surface area contributed by atoms with Crippen LogP contribution in [0.3, 0.4) is 0 Å². The van der Waals surface area contributed by atoms with Crippen LogP contribution in [0, 0.1) is 0 Å². The lowest BCUT2D eigenvalue weighted by Gasteiger charge is -2.29. The van der Waals surface area contributed by atoms with E-state index < -0.39 is 0 Å². The van der Waals surface area contributed by atoms with Crippen molar-refractivity contribution in [3.05, 3.63) is 35.4 Å². The van der Waals surface area contributed by atoms with Gasteiger partial charge in [0.25, 0.3) is 0 Å². The van der Waals surface area contributed by atoms with Crippen molar-refractivity contribution < 1.29 is 0 Å². The van der Waals surface area contributed by atoms with Crippen molar-refractivity contribution >= 4 is 0 Å². The van der Waals surface area contributed by atoms with Gasteiger partial charge in [0, 0.05) is 12.6 Å². The Morgan fingerprint density at radius 1 is 1.29 bits per heavy atom. The molecule has 1 fully saturated rings. The molecule has 2 heteroatoms. The molecule has 0 bridgehead atoms. The first kappa shape index (κ1) is 12.6. The monoisotopic (exact) mass is 232 g/mol. The molecule has 94 valence electrons. The fraction of sp³-hybridized carbons (Fsp3) is 0.600. The molecule has 1 aliphatic carbocycles. The molecule has 1 atom stereocenters. The third-order valence-corrected chi connectivity index (χ3v) is 3.82. The molecular formula is C15H24N2. The fourth-order valence-corrected chi connectivity index (χ4v) is 2.60. The number of rotatable bonds is 6. The minimum absolute atomic E-state index is 0.378. The average Bonchev–Trinajstić information content (AvgIpc) is 3.20. The van der Waals surface area contributed by atoms with Crippen molar-refractivity contribution in [3.8, 4) is 0 Å². The second-order valence-electron chi connectivity index (χ2n) is 4.92. The molecule has 1 aromatic rings. The van der Waals surface area contributed by atoms with E-state index in [4.69, 9.17) is 5.73 Å². The molecule has 1 unspecified atom stereocenters. The van der Waals surface area contributed by atoms with Gasteiger partial charge in [0.2, 0.25) is 0 Å². The first-order chi connectivity index (χ1) is 8.30. The lowest BCUT2D eigenvalue weighted by Crippen LogP contribution is -2.33. The molecule has 0 aromatic heterocycles. The highest BCUT2D eigenvalue weighted by atomic mass is 15.2. The van der Waals surface area contributed by atoms with Crippen LogP contribution in [-0.4, -0.2) is 24.5 Å². The van der Waals surface area contributed by atoms with E-state index in [-0.39, 0.29) is 0 Å². The third kappa shape index (κ3) is 2.88. The second-order valence-corrected chi connectivity index (χ2v) is 4.92. The van der Waals surface area contributed by atoms with Crippen molar-refractivity contribution in [2.24, 2.45) is 5.73 Å². The van der Waals surface area contributed by atoms with E-state index in [9.17, 15) is 0 Å². The van der Waals surface area contributed by atoms with Gasteiger partial charge in [-0.25, -0.2) is 0 Å². The van der Waals surface area contributed by atoms with Crippen LogP contribution in [0.15, 0.2) is 24.3 Å². The van der Waals surface area contributed by atoms with E-state index in [2.05, 4.69) is 43.0 Å². The molecule has 0 saturated heterocycles.